The molecule has 4 rings (SSSR count). The molecule has 1 aromatic heterocycles. The first-order valence-electron chi connectivity index (χ1n) is 11.0. The van der Waals surface area contributed by atoms with Gasteiger partial charge in [0, 0.05) is 44.8 Å². The maximum atomic E-state index is 13.1. The minimum Gasteiger partial charge on any atom is -0.352 e. The van der Waals surface area contributed by atoms with Crippen LogP contribution in [0, 0.1) is 5.82 Å². The zero-order chi connectivity index (χ0) is 23.2. The fourth-order valence-electron chi connectivity index (χ4n) is 3.68. The highest BCUT2D eigenvalue weighted by Crippen LogP contribution is 2.20. The highest BCUT2D eigenvalue weighted by atomic mass is 19.1. The molecular weight excluding hydrogens is 423 g/mol. The Hall–Kier alpha value is -3.59. The predicted octanol–water partition coefficient (Wildman–Crippen LogP) is 2.29. The van der Waals surface area contributed by atoms with Crippen molar-refractivity contribution in [3.05, 3.63) is 71.8 Å². The van der Waals surface area contributed by atoms with Crippen LogP contribution in [0.25, 0.3) is 11.1 Å². The topological polar surface area (TPSA) is 83.4 Å². The van der Waals surface area contributed by atoms with E-state index < -0.39 is 0 Å². The number of piperazine rings is 1. The number of carbonyl (C=O) groups excluding carboxylic acids is 2. The summed E-state index contributed by atoms with van der Waals surface area (Å²) in [6, 6.07) is 13.4. The highest BCUT2D eigenvalue weighted by molar-refractivity contribution is 5.94. The van der Waals surface area contributed by atoms with Gasteiger partial charge in [0.15, 0.2) is 5.69 Å². The van der Waals surface area contributed by atoms with Crippen molar-refractivity contribution in [1.82, 2.24) is 30.1 Å². The molecule has 2 aromatic carbocycles. The Bertz CT molecular complexity index is 1090. The van der Waals surface area contributed by atoms with E-state index in [4.69, 9.17) is 0 Å². The van der Waals surface area contributed by atoms with Crippen LogP contribution in [0.15, 0.2) is 54.7 Å². The van der Waals surface area contributed by atoms with E-state index in [2.05, 4.69) is 20.5 Å². The zero-order valence-electron chi connectivity index (χ0n) is 18.6. The molecule has 0 bridgehead atoms. The Balaban J connectivity index is 1.22. The van der Waals surface area contributed by atoms with Gasteiger partial charge in [-0.3, -0.25) is 14.3 Å². The molecule has 0 atom stereocenters. The smallest absolute Gasteiger partial charge is 0.276 e. The van der Waals surface area contributed by atoms with E-state index in [1.807, 2.05) is 19.2 Å². The first-order chi connectivity index (χ1) is 16.0. The van der Waals surface area contributed by atoms with E-state index in [9.17, 15) is 14.0 Å². The highest BCUT2D eigenvalue weighted by Gasteiger charge is 2.22. The number of benzene rings is 2. The van der Waals surface area contributed by atoms with Gasteiger partial charge in [0.25, 0.3) is 11.8 Å². The van der Waals surface area contributed by atoms with E-state index >= 15 is 0 Å². The van der Waals surface area contributed by atoms with E-state index in [0.717, 1.165) is 24.2 Å². The summed E-state index contributed by atoms with van der Waals surface area (Å²) in [7, 11) is 2.04. The first-order valence-corrected chi connectivity index (χ1v) is 11.0. The number of hydrogen-bond acceptors (Lipinski definition) is 5. The minimum atomic E-state index is -0.279. The third-order valence-electron chi connectivity index (χ3n) is 5.72. The summed E-state index contributed by atoms with van der Waals surface area (Å²) in [6.07, 6.45) is 2.32. The molecule has 1 N–H and O–H groups in total. The molecule has 1 fully saturated rings. The molecule has 1 aliphatic rings. The van der Waals surface area contributed by atoms with E-state index in [-0.39, 0.29) is 17.6 Å². The van der Waals surface area contributed by atoms with Crippen LogP contribution in [0.5, 0.6) is 0 Å². The number of rotatable bonds is 7. The predicted molar refractivity (Wildman–Crippen MR) is 122 cm³/mol. The maximum absolute atomic E-state index is 13.1. The second kappa shape index (κ2) is 10.4. The Morgan fingerprint density at radius 2 is 1.61 bits per heavy atom. The summed E-state index contributed by atoms with van der Waals surface area (Å²) in [4.78, 5) is 28.9. The molecule has 0 unspecified atom stereocenters. The molecular formula is C24H27FN6O2. The molecule has 2 heterocycles. The van der Waals surface area contributed by atoms with Gasteiger partial charge < -0.3 is 15.1 Å². The number of likely N-dealkylation sites (N-methyl/N-ethyl adjacent to an activating group) is 1. The van der Waals surface area contributed by atoms with Crippen LogP contribution < -0.4 is 5.32 Å². The van der Waals surface area contributed by atoms with Gasteiger partial charge >= 0.3 is 0 Å². The normalized spacial score (nSPS) is 14.3. The third kappa shape index (κ3) is 5.81. The van der Waals surface area contributed by atoms with E-state index in [1.165, 1.54) is 12.1 Å². The number of nitrogens with one attached hydrogen (secondary N) is 1. The molecule has 0 spiro atoms. The van der Waals surface area contributed by atoms with Gasteiger partial charge in [-0.15, -0.1) is 5.10 Å². The second-order valence-corrected chi connectivity index (χ2v) is 8.16. The number of carbonyl (C=O) groups is 2. The van der Waals surface area contributed by atoms with Gasteiger partial charge in [-0.05, 0) is 48.9 Å². The number of hydrogen-bond donors (Lipinski definition) is 1. The third-order valence-corrected chi connectivity index (χ3v) is 5.72. The van der Waals surface area contributed by atoms with Gasteiger partial charge in [0.05, 0.1) is 6.20 Å². The van der Waals surface area contributed by atoms with Gasteiger partial charge in [-0.2, -0.15) is 0 Å². The lowest BCUT2D eigenvalue weighted by Gasteiger charge is -2.31. The number of aryl methyl sites for hydroxylation is 1. The minimum absolute atomic E-state index is 0.0910. The molecule has 1 saturated heterocycles. The van der Waals surface area contributed by atoms with Crippen LogP contribution in [0.3, 0.4) is 0 Å². The van der Waals surface area contributed by atoms with Crippen molar-refractivity contribution in [2.75, 3.05) is 39.8 Å². The SMILES string of the molecule is CN1CCN(C(=O)c2cn(CCCNC(=O)c3ccc(-c4ccc(F)cc4)cc3)nn2)CC1. The van der Waals surface area contributed by atoms with E-state index in [0.29, 0.717) is 43.9 Å². The number of amides is 2. The fraction of sp³-hybridized carbons (Fsp3) is 0.333. The van der Waals surface area contributed by atoms with Crippen LogP contribution >= 0.6 is 0 Å². The largest absolute Gasteiger partial charge is 0.352 e. The van der Waals surface area contributed by atoms with Crippen molar-refractivity contribution in [2.24, 2.45) is 0 Å². The summed E-state index contributed by atoms with van der Waals surface area (Å²) in [5.41, 5.74) is 2.72. The summed E-state index contributed by atoms with van der Waals surface area (Å²) >= 11 is 0. The first kappa shape index (κ1) is 22.6. The molecule has 0 aliphatic carbocycles. The van der Waals surface area contributed by atoms with Crippen molar-refractivity contribution in [1.29, 1.82) is 0 Å². The summed E-state index contributed by atoms with van der Waals surface area (Å²) in [5, 5.41) is 10.9. The van der Waals surface area contributed by atoms with Crippen molar-refractivity contribution < 1.29 is 14.0 Å². The summed E-state index contributed by atoms with van der Waals surface area (Å²) in [5.74, 6) is -0.532. The van der Waals surface area contributed by atoms with Crippen LogP contribution in [-0.2, 0) is 6.54 Å². The molecule has 33 heavy (non-hydrogen) atoms. The van der Waals surface area contributed by atoms with E-state index in [1.54, 1.807) is 40.0 Å². The number of nitrogens with zero attached hydrogens (tertiary/aromatic N) is 5. The van der Waals surface area contributed by atoms with Gasteiger partial charge in [-0.25, -0.2) is 4.39 Å². The molecule has 9 heteroatoms. The van der Waals surface area contributed by atoms with Crippen molar-refractivity contribution in [3.8, 4) is 11.1 Å². The Kier molecular flexibility index (Phi) is 7.09. The molecule has 2 amide bonds. The average molecular weight is 451 g/mol. The van der Waals surface area contributed by atoms with Crippen molar-refractivity contribution in [2.45, 2.75) is 13.0 Å². The molecule has 8 nitrogen and oxygen atoms in total. The van der Waals surface area contributed by atoms with Crippen LogP contribution in [0.4, 0.5) is 4.39 Å². The summed E-state index contributed by atoms with van der Waals surface area (Å²) in [6.45, 7) is 4.12. The fourth-order valence-corrected chi connectivity index (χ4v) is 3.68. The maximum Gasteiger partial charge on any atom is 0.276 e. The second-order valence-electron chi connectivity index (χ2n) is 8.16. The molecule has 1 aliphatic heterocycles. The van der Waals surface area contributed by atoms with Gasteiger partial charge in [0.1, 0.15) is 5.82 Å². The standard InChI is InChI=1S/C24H27FN6O2/c1-29-13-15-30(16-14-29)24(33)22-17-31(28-27-22)12-2-11-26-23(32)20-5-3-18(4-6-20)19-7-9-21(25)10-8-19/h3-10,17H,2,11-16H2,1H3,(H,26,32). The van der Waals surface area contributed by atoms with Crippen LogP contribution in [0.2, 0.25) is 0 Å². The quantitative estimate of drug-likeness (QED) is 0.559. The number of halogens is 1. The molecule has 3 aromatic rings. The zero-order valence-corrected chi connectivity index (χ0v) is 18.6. The van der Waals surface area contributed by atoms with Crippen molar-refractivity contribution >= 4 is 11.8 Å². The summed E-state index contributed by atoms with van der Waals surface area (Å²) < 4.78 is 14.7. The Labute approximate surface area is 192 Å². The van der Waals surface area contributed by atoms with Crippen LogP contribution in [-0.4, -0.2) is 76.4 Å². The lowest BCUT2D eigenvalue weighted by atomic mass is 10.0. The van der Waals surface area contributed by atoms with Gasteiger partial charge in [0.2, 0.25) is 0 Å². The Morgan fingerprint density at radius 1 is 0.970 bits per heavy atom. The monoisotopic (exact) mass is 450 g/mol. The Morgan fingerprint density at radius 3 is 2.27 bits per heavy atom. The van der Waals surface area contributed by atoms with Crippen molar-refractivity contribution in [3.63, 3.8) is 0 Å². The average Bonchev–Trinajstić information content (AvgIpc) is 3.31. The molecule has 172 valence electrons. The number of aromatic nitrogens is 3. The van der Waals surface area contributed by atoms with Crippen LogP contribution in [0.1, 0.15) is 27.3 Å². The molecule has 0 saturated carbocycles. The lowest BCUT2D eigenvalue weighted by Crippen LogP contribution is -2.47. The lowest BCUT2D eigenvalue weighted by molar-refractivity contribution is 0.0658. The molecule has 0 radical (unpaired) electrons. The van der Waals surface area contributed by atoms with Gasteiger partial charge in [-0.1, -0.05) is 29.5 Å².